The number of hydrogen-bond acceptors (Lipinski definition) is 16. The first kappa shape index (κ1) is 93.3. The van der Waals surface area contributed by atoms with E-state index in [0.717, 1.165) is 128 Å². The molecule has 20 nitrogen and oxygen atoms in total. The molecular formula is C97H72F2Ir5N17O3S2-5. The third-order valence-electron chi connectivity index (χ3n) is 20.2. The Labute approximate surface area is 800 Å². The Balaban J connectivity index is 0.000000142. The zero-order valence-electron chi connectivity index (χ0n) is 69.1. The SMILES string of the molecule is Cc1cc(C)c(-n2ccnc2-c2[c-]ccc3oc(C)nc23)c(C)c1.Cc1ccc(-n2ccnc2-c2[c-]ccc3scnc23)c(C)n1.Cc1cccc(C)c1-n1ccnc1-c1[c-]ccc2oc(-c3ccccc3)nc12.Fc1cccc(F)c1-n1ccnc1-c1[c-]ccc2scnc12.[C-]#[N+]c1nc2c(-c3nccn3-c3c(C)cc(C)cc3C)[c-]ccc2o1.[Ir].[Ir].[Ir].[Ir].[Ir]. The maximum absolute atomic E-state index is 14.1. The molecule has 0 aliphatic rings. The van der Waals surface area contributed by atoms with Crippen LogP contribution in [0.2, 0.25) is 0 Å². The van der Waals surface area contributed by atoms with Crippen LogP contribution in [0.5, 0.6) is 0 Å². The molecule has 0 atom stereocenters. The van der Waals surface area contributed by atoms with E-state index in [9.17, 15) is 8.78 Å². The molecule has 11 aromatic heterocycles. The van der Waals surface area contributed by atoms with E-state index in [1.807, 2.05) is 151 Å². The normalized spacial score (nSPS) is 10.7. The van der Waals surface area contributed by atoms with Gasteiger partial charge in [0, 0.05) is 220 Å². The van der Waals surface area contributed by atoms with Crippen molar-refractivity contribution in [2.45, 2.75) is 76.2 Å². The zero-order chi connectivity index (χ0) is 83.7. The van der Waals surface area contributed by atoms with Gasteiger partial charge in [0.2, 0.25) is 5.89 Å². The molecule has 0 spiro atoms. The fraction of sp³-hybridized carbons (Fsp3) is 0.113. The summed E-state index contributed by atoms with van der Waals surface area (Å²) in [6.07, 6.45) is 18.1. The van der Waals surface area contributed by atoms with Crippen LogP contribution >= 0.6 is 22.7 Å². The van der Waals surface area contributed by atoms with Gasteiger partial charge in [-0.15, -0.1) is 100 Å². The van der Waals surface area contributed by atoms with E-state index in [1.165, 1.54) is 91.0 Å². The van der Waals surface area contributed by atoms with Gasteiger partial charge >= 0.3 is 6.01 Å². The fourth-order valence-corrected chi connectivity index (χ4v) is 16.7. The van der Waals surface area contributed by atoms with Gasteiger partial charge in [-0.3, -0.25) is 49.8 Å². The smallest absolute Gasteiger partial charge is 0.439 e. The van der Waals surface area contributed by atoms with Crippen LogP contribution in [0, 0.1) is 125 Å². The summed E-state index contributed by atoms with van der Waals surface area (Å²) in [5.74, 6) is 3.54. The first-order valence-corrected chi connectivity index (χ1v) is 40.2. The Morgan fingerprint density at radius 1 is 0.357 bits per heavy atom. The topological polar surface area (TPSA) is 210 Å². The van der Waals surface area contributed by atoms with Crippen molar-refractivity contribution in [2.75, 3.05) is 0 Å². The van der Waals surface area contributed by atoms with Gasteiger partial charge in [-0.05, 0) is 148 Å². The summed E-state index contributed by atoms with van der Waals surface area (Å²) in [5, 5.41) is 0. The number of oxazole rings is 3. The predicted octanol–water partition coefficient (Wildman–Crippen LogP) is 23.6. The standard InChI is InChI=1S/C24H18N3O.C20H15N4O.C20H18N3O.C17H13N4S.C16H8F2N3S.5Ir/c1-16-8-6-9-17(2)22(16)27-15-14-25-23(27)19-12-7-13-20-21(19)26-24(28-20)18-10-4-3-5-11-18;1-12-10-13(2)18(14(3)11-12)24-9-8-22-19(24)15-6-5-7-16-17(15)23-20(21-4)25-16;1-12-10-13(2)19(14(3)11-12)23-9-8-21-20(23)16-6-5-7-17-18(16)22-15(4)24-17;1-11-6-7-14(12(2)20-11)21-9-8-18-17(21)13-4-3-5-15-16(13)19-10-22-15;17-11-4-2-5-12(18)15(11)21-8-7-19-16(21)10-3-1-6-13-14(10)20-9-22-13;;;;;/h3-11,13-15H,1-2H3;5,7-11H,1-3H3;5,7-11H,1-4H3;3,5-10H,1-2H3;1-2,4-9H;;;;;/q5*-1;;;;;. The molecule has 0 saturated heterocycles. The van der Waals surface area contributed by atoms with E-state index in [2.05, 4.69) is 198 Å². The number of fused-ring (bicyclic) bond motifs is 5. The molecule has 126 heavy (non-hydrogen) atoms. The van der Waals surface area contributed by atoms with E-state index >= 15 is 0 Å². The minimum atomic E-state index is -0.648. The summed E-state index contributed by atoms with van der Waals surface area (Å²) in [4.78, 5) is 52.6. The largest absolute Gasteiger partial charge is 0.478 e. The van der Waals surface area contributed by atoms with Gasteiger partial charge in [-0.25, -0.2) is 8.78 Å². The number of nitrogens with zero attached hydrogens (tertiary/aromatic N) is 17. The van der Waals surface area contributed by atoms with Crippen molar-refractivity contribution in [3.05, 3.63) is 352 Å². The monoisotopic (exact) mass is 2590 g/mol. The molecule has 10 aromatic carbocycles. The number of halogens is 2. The molecule has 5 radical (unpaired) electrons. The molecular weight excluding hydrogens is 2510 g/mol. The molecule has 21 rings (SSSR count). The third-order valence-corrected chi connectivity index (χ3v) is 21.8. The summed E-state index contributed by atoms with van der Waals surface area (Å²) in [6.45, 7) is 29.8. The maximum Gasteiger partial charge on any atom is 0.439 e. The Hall–Kier alpha value is -11.8. The van der Waals surface area contributed by atoms with Gasteiger partial charge < -0.3 is 40.9 Å². The molecule has 11 heterocycles. The quantitative estimate of drug-likeness (QED) is 0.110. The van der Waals surface area contributed by atoms with Crippen LogP contribution in [-0.2, 0) is 101 Å². The number of benzene rings is 10. The first-order chi connectivity index (χ1) is 58.8. The molecule has 639 valence electrons. The van der Waals surface area contributed by atoms with Crippen molar-refractivity contribution in [1.29, 1.82) is 0 Å². The van der Waals surface area contributed by atoms with Gasteiger partial charge in [-0.2, -0.15) is 0 Å². The summed E-state index contributed by atoms with van der Waals surface area (Å²) in [7, 11) is 0. The van der Waals surface area contributed by atoms with E-state index in [0.29, 0.717) is 34.3 Å². The van der Waals surface area contributed by atoms with Crippen molar-refractivity contribution in [3.8, 4) is 96.8 Å². The van der Waals surface area contributed by atoms with Gasteiger partial charge in [0.25, 0.3) is 0 Å². The average molecular weight is 2590 g/mol. The van der Waals surface area contributed by atoms with Crippen LogP contribution in [0.15, 0.2) is 250 Å². The Kier molecular flexibility index (Phi) is 30.1. The molecule has 0 amide bonds. The number of pyridine rings is 1. The van der Waals surface area contributed by atoms with Gasteiger partial charge in [-0.1, -0.05) is 130 Å². The van der Waals surface area contributed by atoms with Crippen molar-refractivity contribution >= 4 is 82.4 Å². The fourth-order valence-electron chi connectivity index (χ4n) is 15.3. The average Bonchev–Trinajstić information content (AvgIpc) is 1.62. The van der Waals surface area contributed by atoms with Crippen molar-refractivity contribution in [1.82, 2.24) is 77.7 Å². The third kappa shape index (κ3) is 18.9. The molecule has 0 N–H and O–H groups in total. The number of thiazole rings is 2. The number of para-hydroxylation sites is 2. The molecule has 0 unspecified atom stereocenters. The summed E-state index contributed by atoms with van der Waals surface area (Å²) in [5.41, 5.74) is 30.2. The Morgan fingerprint density at radius 3 is 1.19 bits per heavy atom. The Bertz CT molecular complexity index is 7410. The number of aryl methyl sites for hydroxylation is 11. The van der Waals surface area contributed by atoms with Gasteiger partial charge in [0.05, 0.1) is 68.3 Å². The maximum atomic E-state index is 14.1. The van der Waals surface area contributed by atoms with E-state index in [1.54, 1.807) is 47.4 Å². The van der Waals surface area contributed by atoms with Crippen molar-refractivity contribution in [2.24, 2.45) is 0 Å². The zero-order valence-corrected chi connectivity index (χ0v) is 82.7. The molecule has 0 saturated carbocycles. The predicted molar refractivity (Wildman–Crippen MR) is 470 cm³/mol. The number of imidazole rings is 5. The van der Waals surface area contributed by atoms with Crippen LogP contribution in [0.4, 0.5) is 14.8 Å². The molecule has 0 aliphatic heterocycles. The molecule has 29 heteroatoms. The Morgan fingerprint density at radius 2 is 0.738 bits per heavy atom. The van der Waals surface area contributed by atoms with E-state index in [4.69, 9.17) is 24.8 Å². The summed E-state index contributed by atoms with van der Waals surface area (Å²) < 4.78 is 57.0. The molecule has 21 aromatic rings. The second kappa shape index (κ2) is 40.7. The second-order valence-electron chi connectivity index (χ2n) is 28.7. The number of hydrogen-bond donors (Lipinski definition) is 0. The number of aromatic nitrogens is 16. The van der Waals surface area contributed by atoms with E-state index in [-0.39, 0.29) is 112 Å². The van der Waals surface area contributed by atoms with Gasteiger partial charge in [0.15, 0.2) is 5.89 Å². The van der Waals surface area contributed by atoms with Crippen LogP contribution < -0.4 is 0 Å². The van der Waals surface area contributed by atoms with Crippen LogP contribution in [0.25, 0.3) is 155 Å². The minimum absolute atomic E-state index is 0. The van der Waals surface area contributed by atoms with E-state index < -0.39 is 11.6 Å². The van der Waals surface area contributed by atoms with Gasteiger partial charge in [0.1, 0.15) is 22.8 Å². The second-order valence-corrected chi connectivity index (χ2v) is 30.5. The van der Waals surface area contributed by atoms with Crippen molar-refractivity contribution in [3.63, 3.8) is 0 Å². The van der Waals surface area contributed by atoms with Crippen LogP contribution in [0.3, 0.4) is 0 Å². The first-order valence-electron chi connectivity index (χ1n) is 38.5. The summed E-state index contributed by atoms with van der Waals surface area (Å²) in [6, 6.07) is 67.6. The summed E-state index contributed by atoms with van der Waals surface area (Å²) >= 11 is 3.12. The van der Waals surface area contributed by atoms with Crippen LogP contribution in [0.1, 0.15) is 61.8 Å². The molecule has 0 aliphatic carbocycles. The van der Waals surface area contributed by atoms with Crippen molar-refractivity contribution < 1.29 is 123 Å². The molecule has 0 fully saturated rings. The minimum Gasteiger partial charge on any atom is -0.478 e. The molecule has 0 bridgehead atoms. The van der Waals surface area contributed by atoms with Crippen LogP contribution in [-0.4, -0.2) is 77.7 Å². The number of rotatable bonds is 11.